The quantitative estimate of drug-likeness (QED) is 0.849. The topological polar surface area (TPSA) is 76.8 Å². The Balaban J connectivity index is 1.88. The maximum absolute atomic E-state index is 12.2. The lowest BCUT2D eigenvalue weighted by Gasteiger charge is -2.21. The monoisotopic (exact) mass is 332 g/mol. The zero-order valence-corrected chi connectivity index (χ0v) is 15.4. The molecule has 2 N–H and O–H groups in total. The van der Waals surface area contributed by atoms with Gasteiger partial charge in [-0.05, 0) is 19.9 Å². The maximum atomic E-state index is 12.2. The molecule has 2 atom stereocenters. The first-order chi connectivity index (χ1) is 11.2. The molecule has 2 rings (SSSR count). The fraction of sp³-hybridized carbons (Fsp3) is 0.588. The second-order valence-electron chi connectivity index (χ2n) is 7.23. The molecule has 0 aliphatic rings. The lowest BCUT2D eigenvalue weighted by Crippen LogP contribution is -2.39. The minimum Gasteiger partial charge on any atom is -0.310 e. The highest BCUT2D eigenvalue weighted by Gasteiger charge is 2.20. The normalized spacial score (nSPS) is 14.4. The van der Waals surface area contributed by atoms with Crippen LogP contribution in [0.15, 0.2) is 24.5 Å². The standard InChI is InChI=1S/C17H28N6O/c1-12(13(2)23-9-7-8-19-23)18-11-16(24)20-15-10-14(17(3,4)5)21-22(15)6/h7-10,12-13,18H,11H2,1-6H3,(H,20,24). The van der Waals surface area contributed by atoms with E-state index in [1.54, 1.807) is 10.9 Å². The Morgan fingerprint density at radius 3 is 2.58 bits per heavy atom. The third-order valence-corrected chi connectivity index (χ3v) is 4.17. The Morgan fingerprint density at radius 1 is 1.33 bits per heavy atom. The van der Waals surface area contributed by atoms with Gasteiger partial charge in [-0.1, -0.05) is 20.8 Å². The molecule has 2 aromatic rings. The zero-order valence-electron chi connectivity index (χ0n) is 15.4. The lowest BCUT2D eigenvalue weighted by molar-refractivity contribution is -0.115. The highest BCUT2D eigenvalue weighted by atomic mass is 16.2. The Morgan fingerprint density at radius 2 is 2.04 bits per heavy atom. The Hall–Kier alpha value is -2.15. The van der Waals surface area contributed by atoms with Crippen molar-refractivity contribution >= 4 is 11.7 Å². The molecule has 0 aliphatic carbocycles. The SMILES string of the molecule is CC(NCC(=O)Nc1cc(C(C)(C)C)nn1C)C(C)n1cccn1. The lowest BCUT2D eigenvalue weighted by atomic mass is 9.92. The van der Waals surface area contributed by atoms with Gasteiger partial charge in [-0.15, -0.1) is 0 Å². The van der Waals surface area contributed by atoms with Gasteiger partial charge in [0.15, 0.2) is 0 Å². The van der Waals surface area contributed by atoms with Crippen LogP contribution in [0.1, 0.15) is 46.4 Å². The van der Waals surface area contributed by atoms with Crippen molar-refractivity contribution in [3.63, 3.8) is 0 Å². The van der Waals surface area contributed by atoms with Gasteiger partial charge in [0.05, 0.1) is 18.3 Å². The predicted molar refractivity (Wildman–Crippen MR) is 94.9 cm³/mol. The number of aromatic nitrogens is 4. The third-order valence-electron chi connectivity index (χ3n) is 4.17. The zero-order chi connectivity index (χ0) is 17.9. The van der Waals surface area contributed by atoms with E-state index >= 15 is 0 Å². The van der Waals surface area contributed by atoms with Crippen LogP contribution >= 0.6 is 0 Å². The number of aryl methyl sites for hydroxylation is 1. The summed E-state index contributed by atoms with van der Waals surface area (Å²) in [5.41, 5.74) is 0.904. The molecule has 7 heteroatoms. The van der Waals surface area contributed by atoms with Crippen molar-refractivity contribution in [2.45, 2.75) is 52.1 Å². The van der Waals surface area contributed by atoms with Gasteiger partial charge in [0.25, 0.3) is 0 Å². The summed E-state index contributed by atoms with van der Waals surface area (Å²) in [6, 6.07) is 4.10. The second-order valence-corrected chi connectivity index (χ2v) is 7.23. The molecule has 2 unspecified atom stereocenters. The van der Waals surface area contributed by atoms with Crippen molar-refractivity contribution in [1.82, 2.24) is 24.9 Å². The summed E-state index contributed by atoms with van der Waals surface area (Å²) < 4.78 is 3.58. The van der Waals surface area contributed by atoms with E-state index in [0.717, 1.165) is 5.69 Å². The van der Waals surface area contributed by atoms with Gasteiger partial charge in [0.1, 0.15) is 5.82 Å². The number of amides is 1. The Labute approximate surface area is 143 Å². The van der Waals surface area contributed by atoms with Gasteiger partial charge >= 0.3 is 0 Å². The summed E-state index contributed by atoms with van der Waals surface area (Å²) in [4.78, 5) is 12.2. The fourth-order valence-corrected chi connectivity index (χ4v) is 2.31. The van der Waals surface area contributed by atoms with E-state index in [1.165, 1.54) is 0 Å². The molecular formula is C17H28N6O. The molecule has 0 radical (unpaired) electrons. The molecule has 0 bridgehead atoms. The molecule has 0 aliphatic heterocycles. The second kappa shape index (κ2) is 7.17. The first-order valence-electron chi connectivity index (χ1n) is 8.25. The molecule has 0 spiro atoms. The smallest absolute Gasteiger partial charge is 0.239 e. The number of carbonyl (C=O) groups excluding carboxylic acids is 1. The summed E-state index contributed by atoms with van der Waals surface area (Å²) in [5, 5.41) is 14.8. The predicted octanol–water partition coefficient (Wildman–Crippen LogP) is 2.09. The minimum absolute atomic E-state index is 0.0489. The van der Waals surface area contributed by atoms with Crippen LogP contribution in [-0.2, 0) is 17.3 Å². The van der Waals surface area contributed by atoms with Crippen LogP contribution < -0.4 is 10.6 Å². The number of hydrogen-bond donors (Lipinski definition) is 2. The first-order valence-corrected chi connectivity index (χ1v) is 8.25. The van der Waals surface area contributed by atoms with E-state index in [9.17, 15) is 4.79 Å². The van der Waals surface area contributed by atoms with Gasteiger partial charge in [-0.25, -0.2) is 0 Å². The highest BCUT2D eigenvalue weighted by Crippen LogP contribution is 2.23. The van der Waals surface area contributed by atoms with Crippen LogP contribution in [0.3, 0.4) is 0 Å². The largest absolute Gasteiger partial charge is 0.310 e. The van der Waals surface area contributed by atoms with Gasteiger partial charge in [-0.2, -0.15) is 10.2 Å². The van der Waals surface area contributed by atoms with E-state index in [4.69, 9.17) is 0 Å². The van der Waals surface area contributed by atoms with Crippen LogP contribution in [-0.4, -0.2) is 38.1 Å². The third kappa shape index (κ3) is 4.44. The molecule has 0 aromatic carbocycles. The molecule has 2 aromatic heterocycles. The molecule has 0 saturated carbocycles. The summed E-state index contributed by atoms with van der Waals surface area (Å²) in [6.45, 7) is 10.6. The van der Waals surface area contributed by atoms with E-state index < -0.39 is 0 Å². The van der Waals surface area contributed by atoms with Crippen molar-refractivity contribution in [2.75, 3.05) is 11.9 Å². The number of anilines is 1. The van der Waals surface area contributed by atoms with Crippen molar-refractivity contribution in [3.8, 4) is 0 Å². The number of rotatable bonds is 6. The molecule has 7 nitrogen and oxygen atoms in total. The highest BCUT2D eigenvalue weighted by molar-refractivity contribution is 5.91. The minimum atomic E-state index is -0.0852. The van der Waals surface area contributed by atoms with Crippen molar-refractivity contribution in [3.05, 3.63) is 30.2 Å². The molecule has 132 valence electrons. The number of carbonyl (C=O) groups is 1. The number of hydrogen-bond acceptors (Lipinski definition) is 4. The van der Waals surface area contributed by atoms with Crippen LogP contribution in [0.2, 0.25) is 0 Å². The first kappa shape index (κ1) is 18.2. The van der Waals surface area contributed by atoms with Gasteiger partial charge in [0, 0.05) is 37.0 Å². The van der Waals surface area contributed by atoms with Gasteiger partial charge in [0.2, 0.25) is 5.91 Å². The molecular weight excluding hydrogens is 304 g/mol. The summed E-state index contributed by atoms with van der Waals surface area (Å²) in [5.74, 6) is 0.623. The van der Waals surface area contributed by atoms with E-state index in [1.807, 2.05) is 37.0 Å². The van der Waals surface area contributed by atoms with Crippen molar-refractivity contribution < 1.29 is 4.79 Å². The summed E-state index contributed by atoms with van der Waals surface area (Å²) in [6.07, 6.45) is 3.68. The maximum Gasteiger partial charge on any atom is 0.239 e. The molecule has 1 amide bonds. The van der Waals surface area contributed by atoms with E-state index in [-0.39, 0.29) is 30.0 Å². The molecule has 24 heavy (non-hydrogen) atoms. The summed E-state index contributed by atoms with van der Waals surface area (Å²) >= 11 is 0. The van der Waals surface area contributed by atoms with Crippen LogP contribution in [0.5, 0.6) is 0 Å². The Kier molecular flexibility index (Phi) is 5.43. The van der Waals surface area contributed by atoms with Crippen molar-refractivity contribution in [1.29, 1.82) is 0 Å². The van der Waals surface area contributed by atoms with Gasteiger partial charge < -0.3 is 10.6 Å². The average Bonchev–Trinajstić information content (AvgIpc) is 3.14. The number of nitrogens with one attached hydrogen (secondary N) is 2. The molecule has 0 saturated heterocycles. The molecule has 0 fully saturated rings. The van der Waals surface area contributed by atoms with E-state index in [0.29, 0.717) is 5.82 Å². The Bertz CT molecular complexity index is 668. The van der Waals surface area contributed by atoms with Crippen LogP contribution in [0, 0.1) is 0 Å². The molecule has 2 heterocycles. The average molecular weight is 332 g/mol. The number of nitrogens with zero attached hydrogens (tertiary/aromatic N) is 4. The van der Waals surface area contributed by atoms with Gasteiger partial charge in [-0.3, -0.25) is 14.2 Å². The van der Waals surface area contributed by atoms with Crippen LogP contribution in [0.25, 0.3) is 0 Å². The van der Waals surface area contributed by atoms with Crippen LogP contribution in [0.4, 0.5) is 5.82 Å². The summed E-state index contributed by atoms with van der Waals surface area (Å²) in [7, 11) is 1.83. The van der Waals surface area contributed by atoms with Crippen molar-refractivity contribution in [2.24, 2.45) is 7.05 Å². The fourth-order valence-electron chi connectivity index (χ4n) is 2.31. The van der Waals surface area contributed by atoms with E-state index in [2.05, 4.69) is 48.5 Å².